The Morgan fingerprint density at radius 2 is 1.04 bits per heavy atom. The van der Waals surface area contributed by atoms with Crippen molar-refractivity contribution in [3.8, 4) is 0 Å². The molecule has 0 radical (unpaired) electrons. The lowest BCUT2D eigenvalue weighted by Crippen LogP contribution is -2.29. The van der Waals surface area contributed by atoms with Gasteiger partial charge in [-0.2, -0.15) is 0 Å². The molecule has 0 aromatic carbocycles. The molecule has 0 spiro atoms. The first kappa shape index (κ1) is 46.5. The third-order valence-corrected chi connectivity index (χ3v) is 9.04. The summed E-state index contributed by atoms with van der Waals surface area (Å²) in [5.41, 5.74) is 5.33. The molecule has 2 atom stereocenters. The van der Waals surface area contributed by atoms with E-state index in [1.54, 1.807) is 0 Å². The van der Waals surface area contributed by atoms with E-state index >= 15 is 0 Å². The maximum atomic E-state index is 12.5. The van der Waals surface area contributed by atoms with Crippen molar-refractivity contribution in [1.29, 1.82) is 0 Å². The van der Waals surface area contributed by atoms with Gasteiger partial charge in [-0.3, -0.25) is 18.6 Å². The van der Waals surface area contributed by atoms with E-state index in [4.69, 9.17) is 24.3 Å². The molecule has 0 amide bonds. The second kappa shape index (κ2) is 35.3. The fraction of sp³-hybridized carbons (Fsp3) is 0.842. The third kappa shape index (κ3) is 34.4. The van der Waals surface area contributed by atoms with E-state index in [9.17, 15) is 19.0 Å². The molecule has 2 unspecified atom stereocenters. The van der Waals surface area contributed by atoms with Crippen LogP contribution in [0.25, 0.3) is 0 Å². The Bertz CT molecular complexity index is 851. The summed E-state index contributed by atoms with van der Waals surface area (Å²) in [4.78, 5) is 34.7. The van der Waals surface area contributed by atoms with Gasteiger partial charge in [0.25, 0.3) is 0 Å². The van der Waals surface area contributed by atoms with Gasteiger partial charge in [-0.05, 0) is 57.8 Å². The maximum absolute atomic E-state index is 12.5. The maximum Gasteiger partial charge on any atom is 0.472 e. The predicted molar refractivity (Wildman–Crippen MR) is 197 cm³/mol. The number of hydrogen-bond acceptors (Lipinski definition) is 8. The van der Waals surface area contributed by atoms with Crippen LogP contribution in [0, 0.1) is 0 Å². The molecule has 282 valence electrons. The highest BCUT2D eigenvalue weighted by Crippen LogP contribution is 2.43. The summed E-state index contributed by atoms with van der Waals surface area (Å²) in [5, 5.41) is 0. The van der Waals surface area contributed by atoms with Crippen molar-refractivity contribution in [2.24, 2.45) is 5.73 Å². The standard InChI is InChI=1S/C38H72NO8P/c1-3-5-7-9-11-13-15-16-17-18-19-21-23-25-27-29-31-38(41)47-36(35-46-48(42,43)45-33-32-39)34-44-37(40)30-28-26-24-22-20-14-12-10-8-6-4-2/h10,12,17-18,36H,3-9,11,13-16,19-35,39H2,1-2H3,(H,42,43)/b12-10-,18-17-. The number of unbranched alkanes of at least 4 members (excludes halogenated alkanes) is 19. The number of hydrogen-bond donors (Lipinski definition) is 2. The van der Waals surface area contributed by atoms with Gasteiger partial charge in [0, 0.05) is 19.4 Å². The van der Waals surface area contributed by atoms with E-state index in [-0.39, 0.29) is 32.6 Å². The zero-order valence-corrected chi connectivity index (χ0v) is 31.6. The minimum absolute atomic E-state index is 0.0516. The molecule has 0 aliphatic carbocycles. The normalized spacial score (nSPS) is 13.7. The second-order valence-electron chi connectivity index (χ2n) is 12.8. The lowest BCUT2D eigenvalue weighted by Gasteiger charge is -2.19. The highest BCUT2D eigenvalue weighted by Gasteiger charge is 2.25. The number of ether oxygens (including phenoxy) is 2. The van der Waals surface area contributed by atoms with E-state index in [2.05, 4.69) is 38.2 Å². The van der Waals surface area contributed by atoms with Crippen molar-refractivity contribution in [2.45, 2.75) is 180 Å². The zero-order valence-electron chi connectivity index (χ0n) is 30.7. The molecule has 0 saturated heterocycles. The molecule has 0 fully saturated rings. The number of nitrogens with two attached hydrogens (primary N) is 1. The minimum atomic E-state index is -4.37. The second-order valence-corrected chi connectivity index (χ2v) is 14.2. The average Bonchev–Trinajstić information content (AvgIpc) is 3.07. The molecule has 0 bridgehead atoms. The first-order valence-corrected chi connectivity index (χ1v) is 20.8. The number of allylic oxidation sites excluding steroid dienone is 4. The Morgan fingerprint density at radius 1 is 0.604 bits per heavy atom. The summed E-state index contributed by atoms with van der Waals surface area (Å²) >= 11 is 0. The third-order valence-electron chi connectivity index (χ3n) is 8.06. The summed E-state index contributed by atoms with van der Waals surface area (Å²) in [5.74, 6) is -0.849. The number of phosphoric acid groups is 1. The fourth-order valence-electron chi connectivity index (χ4n) is 5.14. The smallest absolute Gasteiger partial charge is 0.462 e. The molecule has 0 aromatic rings. The lowest BCUT2D eigenvalue weighted by atomic mass is 10.1. The molecule has 0 aliphatic heterocycles. The Morgan fingerprint density at radius 3 is 1.54 bits per heavy atom. The number of rotatable bonds is 36. The molecule has 0 rings (SSSR count). The highest BCUT2D eigenvalue weighted by molar-refractivity contribution is 7.47. The van der Waals surface area contributed by atoms with Gasteiger partial charge in [0.05, 0.1) is 13.2 Å². The van der Waals surface area contributed by atoms with Gasteiger partial charge < -0.3 is 20.1 Å². The number of carbonyl (C=O) groups is 2. The van der Waals surface area contributed by atoms with Crippen molar-refractivity contribution in [2.75, 3.05) is 26.4 Å². The number of phosphoric ester groups is 1. The van der Waals surface area contributed by atoms with Gasteiger partial charge >= 0.3 is 19.8 Å². The van der Waals surface area contributed by atoms with Crippen LogP contribution >= 0.6 is 7.82 Å². The van der Waals surface area contributed by atoms with Crippen molar-refractivity contribution in [3.63, 3.8) is 0 Å². The van der Waals surface area contributed by atoms with Gasteiger partial charge in [0.2, 0.25) is 0 Å². The van der Waals surface area contributed by atoms with Crippen molar-refractivity contribution in [1.82, 2.24) is 0 Å². The van der Waals surface area contributed by atoms with Crippen LogP contribution in [0.5, 0.6) is 0 Å². The first-order chi connectivity index (χ1) is 23.3. The van der Waals surface area contributed by atoms with Crippen LogP contribution < -0.4 is 5.73 Å². The minimum Gasteiger partial charge on any atom is -0.462 e. The molecule has 0 heterocycles. The fourth-order valence-corrected chi connectivity index (χ4v) is 5.90. The van der Waals surface area contributed by atoms with Crippen LogP contribution in [-0.2, 0) is 32.7 Å². The topological polar surface area (TPSA) is 134 Å². The van der Waals surface area contributed by atoms with Crippen molar-refractivity contribution >= 4 is 19.8 Å². The van der Waals surface area contributed by atoms with Gasteiger partial charge in [-0.15, -0.1) is 0 Å². The molecular formula is C38H72NO8P. The molecule has 9 nitrogen and oxygen atoms in total. The van der Waals surface area contributed by atoms with Crippen LogP contribution in [0.1, 0.15) is 174 Å². The molecule has 0 saturated carbocycles. The average molecular weight is 702 g/mol. The lowest BCUT2D eigenvalue weighted by molar-refractivity contribution is -0.161. The summed E-state index contributed by atoms with van der Waals surface area (Å²) in [6.07, 6.45) is 34.9. The molecule has 48 heavy (non-hydrogen) atoms. The van der Waals surface area contributed by atoms with E-state index < -0.39 is 32.5 Å². The van der Waals surface area contributed by atoms with Crippen LogP contribution in [0.2, 0.25) is 0 Å². The van der Waals surface area contributed by atoms with E-state index in [1.165, 1.54) is 64.2 Å². The zero-order chi connectivity index (χ0) is 35.4. The van der Waals surface area contributed by atoms with Gasteiger partial charge in [0.15, 0.2) is 6.10 Å². The van der Waals surface area contributed by atoms with E-state index in [0.717, 1.165) is 77.0 Å². The Hall–Kier alpha value is -1.51. The van der Waals surface area contributed by atoms with Crippen LogP contribution in [-0.4, -0.2) is 49.3 Å². The summed E-state index contributed by atoms with van der Waals surface area (Å²) in [6.45, 7) is 3.66. The molecule has 10 heteroatoms. The SMILES string of the molecule is CCCC/C=C\CCCCCCCC(=O)OCC(COP(=O)(O)OCCN)OC(=O)CCCCCCC/C=C\CCCCCCCCC. The van der Waals surface area contributed by atoms with Crippen LogP contribution in [0.15, 0.2) is 24.3 Å². The van der Waals surface area contributed by atoms with Gasteiger partial charge in [-0.25, -0.2) is 4.57 Å². The highest BCUT2D eigenvalue weighted by atomic mass is 31.2. The summed E-state index contributed by atoms with van der Waals surface area (Å²) < 4.78 is 32.6. The largest absolute Gasteiger partial charge is 0.472 e. The van der Waals surface area contributed by atoms with E-state index in [1.807, 2.05) is 0 Å². The van der Waals surface area contributed by atoms with Crippen molar-refractivity contribution < 1.29 is 37.6 Å². The summed E-state index contributed by atoms with van der Waals surface area (Å²) in [6, 6.07) is 0. The van der Waals surface area contributed by atoms with E-state index in [0.29, 0.717) is 6.42 Å². The predicted octanol–water partition coefficient (Wildman–Crippen LogP) is 10.4. The summed E-state index contributed by atoms with van der Waals surface area (Å²) in [7, 11) is -4.37. The van der Waals surface area contributed by atoms with Gasteiger partial charge in [-0.1, -0.05) is 128 Å². The Kier molecular flexibility index (Phi) is 34.2. The first-order valence-electron chi connectivity index (χ1n) is 19.3. The van der Waals surface area contributed by atoms with Crippen LogP contribution in [0.3, 0.4) is 0 Å². The Labute approximate surface area is 293 Å². The monoisotopic (exact) mass is 701 g/mol. The molecular weight excluding hydrogens is 629 g/mol. The van der Waals surface area contributed by atoms with Crippen LogP contribution in [0.4, 0.5) is 0 Å². The van der Waals surface area contributed by atoms with Gasteiger partial charge in [0.1, 0.15) is 6.61 Å². The number of carbonyl (C=O) groups excluding carboxylic acids is 2. The Balaban J connectivity index is 4.22. The quantitative estimate of drug-likeness (QED) is 0.0283. The number of esters is 2. The molecule has 3 N–H and O–H groups in total. The molecule has 0 aromatic heterocycles. The molecule has 0 aliphatic rings. The van der Waals surface area contributed by atoms with Crippen molar-refractivity contribution in [3.05, 3.63) is 24.3 Å².